The van der Waals surface area contributed by atoms with Crippen LogP contribution in [0.15, 0.2) is 36.4 Å². The summed E-state index contributed by atoms with van der Waals surface area (Å²) < 4.78 is 11.9. The van der Waals surface area contributed by atoms with Crippen LogP contribution in [0.2, 0.25) is 5.02 Å². The van der Waals surface area contributed by atoms with Crippen molar-refractivity contribution in [3.8, 4) is 11.5 Å². The van der Waals surface area contributed by atoms with Crippen molar-refractivity contribution < 1.29 is 19.1 Å². The monoisotopic (exact) mass is 413 g/mol. The topological polar surface area (TPSA) is 55.8 Å². The summed E-state index contributed by atoms with van der Waals surface area (Å²) in [6.07, 6.45) is 1.56. The number of fused-ring (bicyclic) bond motifs is 1. The van der Waals surface area contributed by atoms with Gasteiger partial charge in [-0.25, -0.2) is 0 Å². The Hall–Kier alpha value is -2.53. The zero-order valence-electron chi connectivity index (χ0n) is 16.7. The number of ketones is 1. The minimum Gasteiger partial charge on any atom is -0.486 e. The summed E-state index contributed by atoms with van der Waals surface area (Å²) in [6, 6.07) is 11.2. The van der Waals surface area contributed by atoms with E-state index in [0.717, 1.165) is 11.1 Å². The second-order valence-corrected chi connectivity index (χ2v) is 8.37. The van der Waals surface area contributed by atoms with Crippen molar-refractivity contribution in [3.63, 3.8) is 0 Å². The van der Waals surface area contributed by atoms with Crippen LogP contribution in [0, 0.1) is 13.8 Å². The summed E-state index contributed by atoms with van der Waals surface area (Å²) in [6.45, 7) is 5.00. The van der Waals surface area contributed by atoms with Gasteiger partial charge in [-0.05, 0) is 43.7 Å². The first-order chi connectivity index (χ1) is 13.8. The summed E-state index contributed by atoms with van der Waals surface area (Å²) in [5, 5.41) is 0.575. The van der Waals surface area contributed by atoms with Crippen molar-refractivity contribution in [3.05, 3.63) is 58.1 Å². The maximum absolute atomic E-state index is 12.7. The Balaban J connectivity index is 1.37. The lowest BCUT2D eigenvalue weighted by atomic mass is 9.82. The highest BCUT2D eigenvalue weighted by atomic mass is 35.5. The first kappa shape index (κ1) is 19.8. The van der Waals surface area contributed by atoms with Gasteiger partial charge < -0.3 is 14.4 Å². The number of rotatable bonds is 3. The van der Waals surface area contributed by atoms with Crippen molar-refractivity contribution in [2.75, 3.05) is 19.7 Å². The second-order valence-electron chi connectivity index (χ2n) is 7.97. The Morgan fingerprint density at radius 3 is 2.55 bits per heavy atom. The van der Waals surface area contributed by atoms with E-state index in [4.69, 9.17) is 21.1 Å². The molecule has 2 aliphatic heterocycles. The molecule has 1 saturated heterocycles. The molecule has 1 fully saturated rings. The fraction of sp³-hybridized carbons (Fsp3) is 0.391. The largest absolute Gasteiger partial charge is 0.486 e. The molecule has 1 spiro atoms. The van der Waals surface area contributed by atoms with E-state index in [0.29, 0.717) is 54.4 Å². The number of amides is 1. The highest BCUT2D eigenvalue weighted by Gasteiger charge is 2.43. The molecule has 152 valence electrons. The number of halogens is 1. The van der Waals surface area contributed by atoms with E-state index in [1.165, 1.54) is 0 Å². The van der Waals surface area contributed by atoms with Gasteiger partial charge in [0.1, 0.15) is 17.1 Å². The number of carbonyl (C=O) groups is 2. The van der Waals surface area contributed by atoms with Gasteiger partial charge in [0.2, 0.25) is 0 Å². The Labute approximate surface area is 175 Å². The fourth-order valence-corrected chi connectivity index (χ4v) is 4.09. The van der Waals surface area contributed by atoms with Gasteiger partial charge in [-0.1, -0.05) is 29.3 Å². The molecule has 5 nitrogen and oxygen atoms in total. The average Bonchev–Trinajstić information content (AvgIpc) is 2.69. The number of nitrogens with zero attached hydrogens (tertiary/aromatic N) is 1. The maximum atomic E-state index is 12.7. The Kier molecular flexibility index (Phi) is 5.26. The number of aryl methyl sites for hydroxylation is 2. The van der Waals surface area contributed by atoms with Crippen molar-refractivity contribution in [1.82, 2.24) is 4.90 Å². The number of carbonyl (C=O) groups excluding carboxylic acids is 2. The van der Waals surface area contributed by atoms with Gasteiger partial charge in [0.25, 0.3) is 5.91 Å². The van der Waals surface area contributed by atoms with E-state index in [-0.39, 0.29) is 18.3 Å². The number of piperidine rings is 1. The fourth-order valence-electron chi connectivity index (χ4n) is 3.93. The van der Waals surface area contributed by atoms with E-state index in [1.54, 1.807) is 11.0 Å². The number of hydrogen-bond acceptors (Lipinski definition) is 4. The van der Waals surface area contributed by atoms with Crippen LogP contribution < -0.4 is 9.47 Å². The predicted molar refractivity (Wildman–Crippen MR) is 111 cm³/mol. The normalized spacial score (nSPS) is 17.6. The molecule has 2 aliphatic rings. The molecule has 0 radical (unpaired) electrons. The molecule has 2 aromatic carbocycles. The number of hydrogen-bond donors (Lipinski definition) is 0. The highest BCUT2D eigenvalue weighted by molar-refractivity contribution is 6.31. The number of ether oxygens (including phenoxy) is 2. The minimum atomic E-state index is -0.543. The molecule has 4 rings (SSSR count). The Morgan fingerprint density at radius 1 is 1.17 bits per heavy atom. The molecule has 0 unspecified atom stereocenters. The Morgan fingerprint density at radius 2 is 1.86 bits per heavy atom. The van der Waals surface area contributed by atoms with E-state index < -0.39 is 5.60 Å². The van der Waals surface area contributed by atoms with Gasteiger partial charge >= 0.3 is 0 Å². The van der Waals surface area contributed by atoms with Crippen molar-refractivity contribution in [2.24, 2.45) is 0 Å². The quantitative estimate of drug-likeness (QED) is 0.750. The molecular weight excluding hydrogens is 390 g/mol. The van der Waals surface area contributed by atoms with Crippen molar-refractivity contribution in [2.45, 2.75) is 38.7 Å². The molecule has 2 heterocycles. The number of likely N-dealkylation sites (tertiary alicyclic amines) is 1. The van der Waals surface area contributed by atoms with Gasteiger partial charge in [-0.3, -0.25) is 9.59 Å². The van der Waals surface area contributed by atoms with Gasteiger partial charge in [0.15, 0.2) is 12.4 Å². The second kappa shape index (κ2) is 7.71. The SMILES string of the molecule is Cc1ccc(OCC(=O)N2CCC3(CC2)CC(=O)c2cc(Cl)c(C)cc2O3)cc1. The molecule has 0 aliphatic carbocycles. The van der Waals surface area contributed by atoms with Crippen LogP contribution in [0.25, 0.3) is 0 Å². The van der Waals surface area contributed by atoms with Crippen LogP contribution in [0.1, 0.15) is 40.7 Å². The molecule has 2 aromatic rings. The maximum Gasteiger partial charge on any atom is 0.260 e. The van der Waals surface area contributed by atoms with Crippen LogP contribution >= 0.6 is 11.6 Å². The first-order valence-electron chi connectivity index (χ1n) is 9.85. The zero-order chi connectivity index (χ0) is 20.6. The van der Waals surface area contributed by atoms with Crippen molar-refractivity contribution in [1.29, 1.82) is 0 Å². The van der Waals surface area contributed by atoms with Crippen LogP contribution in [-0.4, -0.2) is 41.9 Å². The molecule has 0 saturated carbocycles. The van der Waals surface area contributed by atoms with E-state index in [9.17, 15) is 9.59 Å². The number of benzene rings is 2. The van der Waals surface area contributed by atoms with Crippen LogP contribution in [-0.2, 0) is 4.79 Å². The molecule has 1 amide bonds. The van der Waals surface area contributed by atoms with E-state index >= 15 is 0 Å². The lowest BCUT2D eigenvalue weighted by Crippen LogP contribution is -2.53. The third kappa shape index (κ3) is 4.10. The van der Waals surface area contributed by atoms with E-state index in [2.05, 4.69) is 0 Å². The molecule has 0 aromatic heterocycles. The van der Waals surface area contributed by atoms with Gasteiger partial charge in [-0.15, -0.1) is 0 Å². The third-order valence-electron chi connectivity index (χ3n) is 5.78. The highest BCUT2D eigenvalue weighted by Crippen LogP contribution is 2.41. The number of Topliss-reactive ketones (excluding diaryl/α,β-unsaturated/α-hetero) is 1. The lowest BCUT2D eigenvalue weighted by Gasteiger charge is -2.44. The minimum absolute atomic E-state index is 0.0103. The predicted octanol–water partition coefficient (Wildman–Crippen LogP) is 4.36. The summed E-state index contributed by atoms with van der Waals surface area (Å²) in [7, 11) is 0. The van der Waals surface area contributed by atoms with Crippen LogP contribution in [0.5, 0.6) is 11.5 Å². The summed E-state index contributed by atoms with van der Waals surface area (Å²) in [4.78, 5) is 27.0. The molecular formula is C23H24ClNO4. The summed E-state index contributed by atoms with van der Waals surface area (Å²) >= 11 is 6.16. The van der Waals surface area contributed by atoms with Gasteiger partial charge in [-0.2, -0.15) is 0 Å². The van der Waals surface area contributed by atoms with Gasteiger partial charge in [0, 0.05) is 31.0 Å². The van der Waals surface area contributed by atoms with Crippen LogP contribution in [0.4, 0.5) is 0 Å². The summed E-state index contributed by atoms with van der Waals surface area (Å²) in [5.74, 6) is 1.29. The average molecular weight is 414 g/mol. The molecule has 6 heteroatoms. The smallest absolute Gasteiger partial charge is 0.260 e. The summed E-state index contributed by atoms with van der Waals surface area (Å²) in [5.41, 5.74) is 2.04. The molecule has 0 atom stereocenters. The zero-order valence-corrected chi connectivity index (χ0v) is 17.4. The third-order valence-corrected chi connectivity index (χ3v) is 6.19. The Bertz CT molecular complexity index is 946. The van der Waals surface area contributed by atoms with Gasteiger partial charge in [0.05, 0.1) is 12.0 Å². The van der Waals surface area contributed by atoms with E-state index in [1.807, 2.05) is 44.2 Å². The lowest BCUT2D eigenvalue weighted by molar-refractivity contribution is -0.136. The molecule has 29 heavy (non-hydrogen) atoms. The van der Waals surface area contributed by atoms with Crippen molar-refractivity contribution >= 4 is 23.3 Å². The molecule has 0 bridgehead atoms. The standard InChI is InChI=1S/C23H24ClNO4/c1-15-3-5-17(6-4-15)28-14-22(27)25-9-7-23(8-10-25)13-20(26)18-12-19(24)16(2)11-21(18)29-23/h3-6,11-12H,7-10,13-14H2,1-2H3. The first-order valence-corrected chi connectivity index (χ1v) is 10.2. The van der Waals surface area contributed by atoms with Crippen LogP contribution in [0.3, 0.4) is 0 Å². The molecule has 0 N–H and O–H groups in total.